The van der Waals surface area contributed by atoms with Crippen LogP contribution in [-0.2, 0) is 10.0 Å². The molecule has 1 N–H and O–H groups in total. The maximum absolute atomic E-state index is 11.6. The highest BCUT2D eigenvalue weighted by Gasteiger charge is 2.22. The maximum Gasteiger partial charge on any atom is 0.228 e. The molecular weight excluding hydrogens is 224 g/mol. The number of benzene rings is 1. The summed E-state index contributed by atoms with van der Waals surface area (Å²) in [5.41, 5.74) is 0.871. The fourth-order valence-electron chi connectivity index (χ4n) is 1.23. The second kappa shape index (κ2) is 5.10. The molecule has 0 aliphatic carbocycles. The van der Waals surface area contributed by atoms with E-state index in [1.54, 1.807) is 13.0 Å². The van der Waals surface area contributed by atoms with E-state index in [0.717, 1.165) is 5.56 Å². The maximum atomic E-state index is 11.6. The van der Waals surface area contributed by atoms with Gasteiger partial charge in [-0.25, -0.2) is 13.1 Å². The second-order valence-corrected chi connectivity index (χ2v) is 5.60. The first kappa shape index (κ1) is 12.7. The van der Waals surface area contributed by atoms with Crippen LogP contribution in [0.5, 0.6) is 0 Å². The van der Waals surface area contributed by atoms with Crippen LogP contribution in [0.3, 0.4) is 0 Å². The van der Waals surface area contributed by atoms with E-state index in [1.165, 1.54) is 6.92 Å². The molecule has 2 atom stereocenters. The van der Waals surface area contributed by atoms with Crippen molar-refractivity contribution in [1.29, 1.82) is 5.26 Å². The molecule has 1 aromatic rings. The molecule has 2 unspecified atom stereocenters. The molecule has 0 amide bonds. The van der Waals surface area contributed by atoms with Crippen molar-refractivity contribution in [2.24, 2.45) is 0 Å². The van der Waals surface area contributed by atoms with Gasteiger partial charge in [-0.3, -0.25) is 0 Å². The Kier molecular flexibility index (Phi) is 4.05. The molecular formula is C11H14N2O2S. The zero-order valence-corrected chi connectivity index (χ0v) is 10.0. The summed E-state index contributed by atoms with van der Waals surface area (Å²) in [7, 11) is -3.57. The van der Waals surface area contributed by atoms with Gasteiger partial charge in [0.2, 0.25) is 10.0 Å². The Balaban J connectivity index is 2.81. The third-order valence-corrected chi connectivity index (χ3v) is 4.01. The molecule has 0 bridgehead atoms. The zero-order valence-electron chi connectivity index (χ0n) is 9.21. The number of hydrogen-bond donors (Lipinski definition) is 1. The summed E-state index contributed by atoms with van der Waals surface area (Å²) in [4.78, 5) is 0. The van der Waals surface area contributed by atoms with Gasteiger partial charge in [0.05, 0.1) is 6.07 Å². The minimum atomic E-state index is -3.57. The molecule has 0 aliphatic rings. The number of rotatable bonds is 4. The Morgan fingerprint density at radius 1 is 1.25 bits per heavy atom. The smallest absolute Gasteiger partial charge is 0.211 e. The van der Waals surface area contributed by atoms with Crippen molar-refractivity contribution in [3.05, 3.63) is 35.9 Å². The Morgan fingerprint density at radius 3 is 2.31 bits per heavy atom. The molecule has 0 saturated carbocycles. The zero-order chi connectivity index (χ0) is 12.2. The summed E-state index contributed by atoms with van der Waals surface area (Å²) in [6.07, 6.45) is 0. The molecule has 0 radical (unpaired) electrons. The lowest BCUT2D eigenvalue weighted by atomic mass is 10.1. The van der Waals surface area contributed by atoms with Crippen LogP contribution < -0.4 is 4.72 Å². The third kappa shape index (κ3) is 3.05. The third-order valence-electron chi connectivity index (χ3n) is 2.29. The van der Waals surface area contributed by atoms with Gasteiger partial charge in [-0.05, 0) is 19.4 Å². The van der Waals surface area contributed by atoms with Crippen molar-refractivity contribution in [2.45, 2.75) is 25.1 Å². The van der Waals surface area contributed by atoms with Gasteiger partial charge in [0, 0.05) is 6.04 Å². The van der Waals surface area contributed by atoms with Crippen molar-refractivity contribution in [3.8, 4) is 6.07 Å². The van der Waals surface area contributed by atoms with Crippen LogP contribution in [0, 0.1) is 11.3 Å². The number of hydrogen-bond acceptors (Lipinski definition) is 3. The molecule has 16 heavy (non-hydrogen) atoms. The van der Waals surface area contributed by atoms with Crippen LogP contribution in [0.2, 0.25) is 0 Å². The largest absolute Gasteiger partial charge is 0.228 e. The van der Waals surface area contributed by atoms with E-state index in [2.05, 4.69) is 4.72 Å². The first-order valence-electron chi connectivity index (χ1n) is 4.93. The quantitative estimate of drug-likeness (QED) is 0.865. The average molecular weight is 238 g/mol. The number of sulfonamides is 1. The molecule has 0 aromatic heterocycles. The highest BCUT2D eigenvalue weighted by Crippen LogP contribution is 2.13. The Labute approximate surface area is 96.0 Å². The fourth-order valence-corrected chi connectivity index (χ4v) is 2.20. The van der Waals surface area contributed by atoms with Crippen molar-refractivity contribution >= 4 is 10.0 Å². The van der Waals surface area contributed by atoms with Crippen molar-refractivity contribution < 1.29 is 8.42 Å². The summed E-state index contributed by atoms with van der Waals surface area (Å²) in [5.74, 6) is 0. The molecule has 86 valence electrons. The summed E-state index contributed by atoms with van der Waals surface area (Å²) in [6.45, 7) is 3.11. The topological polar surface area (TPSA) is 70.0 Å². The monoisotopic (exact) mass is 238 g/mol. The first-order chi connectivity index (χ1) is 7.47. The molecule has 0 aliphatic heterocycles. The first-order valence-corrected chi connectivity index (χ1v) is 6.47. The van der Waals surface area contributed by atoms with Crippen molar-refractivity contribution in [2.75, 3.05) is 0 Å². The molecule has 1 rings (SSSR count). The Bertz CT molecular complexity index is 476. The number of nitrogens with one attached hydrogen (secondary N) is 1. The highest BCUT2D eigenvalue weighted by atomic mass is 32.2. The molecule has 0 heterocycles. The van der Waals surface area contributed by atoms with E-state index >= 15 is 0 Å². The normalized spacial score (nSPS) is 15.1. The van der Waals surface area contributed by atoms with Crippen LogP contribution in [0.25, 0.3) is 0 Å². The summed E-state index contributed by atoms with van der Waals surface area (Å²) >= 11 is 0. The number of nitriles is 1. The van der Waals surface area contributed by atoms with Gasteiger partial charge in [-0.1, -0.05) is 30.3 Å². The minimum absolute atomic E-state index is 0.331. The molecule has 5 heteroatoms. The van der Waals surface area contributed by atoms with Gasteiger partial charge in [0.15, 0.2) is 5.25 Å². The molecule has 0 spiro atoms. The highest BCUT2D eigenvalue weighted by molar-refractivity contribution is 7.90. The fraction of sp³-hybridized carbons (Fsp3) is 0.364. The van der Waals surface area contributed by atoms with Crippen LogP contribution in [0.1, 0.15) is 25.5 Å². The van der Waals surface area contributed by atoms with Crippen LogP contribution in [-0.4, -0.2) is 13.7 Å². The molecule has 0 saturated heterocycles. The van der Waals surface area contributed by atoms with E-state index in [-0.39, 0.29) is 6.04 Å². The van der Waals surface area contributed by atoms with E-state index in [4.69, 9.17) is 5.26 Å². The second-order valence-electron chi connectivity index (χ2n) is 3.57. The average Bonchev–Trinajstić information content (AvgIpc) is 2.28. The predicted octanol–water partition coefficient (Wildman–Crippen LogP) is 1.58. The van der Waals surface area contributed by atoms with Crippen LogP contribution >= 0.6 is 0 Å². The molecule has 0 fully saturated rings. The predicted molar refractivity (Wildman–Crippen MR) is 62.0 cm³/mol. The Morgan fingerprint density at radius 2 is 1.81 bits per heavy atom. The number of nitrogens with zero attached hydrogens (tertiary/aromatic N) is 1. The lowest BCUT2D eigenvalue weighted by Crippen LogP contribution is -2.33. The van der Waals surface area contributed by atoms with Gasteiger partial charge in [0.1, 0.15) is 0 Å². The SMILES string of the molecule is CC(NS(=O)(=O)C(C)C#N)c1ccccc1. The Hall–Kier alpha value is -1.38. The minimum Gasteiger partial charge on any atom is -0.211 e. The van der Waals surface area contributed by atoms with Crippen LogP contribution in [0.4, 0.5) is 0 Å². The standard InChI is InChI=1S/C11H14N2O2S/c1-9(8-12)16(14,15)13-10(2)11-6-4-3-5-7-11/h3-7,9-10,13H,1-2H3. The van der Waals surface area contributed by atoms with E-state index in [9.17, 15) is 8.42 Å². The lowest BCUT2D eigenvalue weighted by molar-refractivity contribution is 0.562. The van der Waals surface area contributed by atoms with Crippen molar-refractivity contribution in [1.82, 2.24) is 4.72 Å². The van der Waals surface area contributed by atoms with Gasteiger partial charge in [-0.2, -0.15) is 5.26 Å². The summed E-state index contributed by atoms with van der Waals surface area (Å²) in [6, 6.07) is 10.6. The van der Waals surface area contributed by atoms with Gasteiger partial charge in [0.25, 0.3) is 0 Å². The summed E-state index contributed by atoms with van der Waals surface area (Å²) < 4.78 is 25.7. The van der Waals surface area contributed by atoms with Gasteiger partial charge >= 0.3 is 0 Å². The molecule has 1 aromatic carbocycles. The molecule has 4 nitrogen and oxygen atoms in total. The van der Waals surface area contributed by atoms with E-state index < -0.39 is 15.3 Å². The summed E-state index contributed by atoms with van der Waals surface area (Å²) in [5, 5.41) is 7.54. The van der Waals surface area contributed by atoms with Gasteiger partial charge in [-0.15, -0.1) is 0 Å². The van der Waals surface area contributed by atoms with E-state index in [0.29, 0.717) is 0 Å². The van der Waals surface area contributed by atoms with Crippen LogP contribution in [0.15, 0.2) is 30.3 Å². The lowest BCUT2D eigenvalue weighted by Gasteiger charge is -2.15. The van der Waals surface area contributed by atoms with E-state index in [1.807, 2.05) is 30.3 Å². The van der Waals surface area contributed by atoms with Gasteiger partial charge < -0.3 is 0 Å². The van der Waals surface area contributed by atoms with Crippen molar-refractivity contribution in [3.63, 3.8) is 0 Å².